The third-order valence-electron chi connectivity index (χ3n) is 9.14. The molecule has 1 spiro atoms. The van der Waals surface area contributed by atoms with E-state index >= 15 is 0 Å². The van der Waals surface area contributed by atoms with Crippen LogP contribution in [-0.2, 0) is 10.4 Å². The molecule has 2 aromatic rings. The van der Waals surface area contributed by atoms with Crippen molar-refractivity contribution in [3.05, 3.63) is 59.7 Å². The van der Waals surface area contributed by atoms with Crippen LogP contribution in [-0.4, -0.2) is 31.0 Å². The first-order valence-electron chi connectivity index (χ1n) is 11.8. The van der Waals surface area contributed by atoms with Gasteiger partial charge in [0.25, 0.3) is 0 Å². The highest BCUT2D eigenvalue weighted by molar-refractivity contribution is 5.51. The zero-order chi connectivity index (χ0) is 21.4. The molecular weight excluding hydrogens is 384 g/mol. The monoisotopic (exact) mass is 418 g/mol. The standard InChI is InChI=1S/C27H34N2O2/c1-19-8-10-22(11-9-19)28-17-26(21-6-5-7-23(14-21)30-4)16-27(31-29(26)18-28)13-12-20-15-24(27)25(20,2)3/h5-11,14,20,24H,12-13,15-18H2,1-4H3/t20-,24?,26-,27+/m0/s1. The van der Waals surface area contributed by atoms with Crippen LogP contribution in [0, 0.1) is 24.2 Å². The molecule has 0 radical (unpaired) electrons. The quantitative estimate of drug-likeness (QED) is 0.656. The van der Waals surface area contributed by atoms with Gasteiger partial charge in [0.05, 0.1) is 24.9 Å². The number of hydrogen-bond donors (Lipinski definition) is 0. The maximum absolute atomic E-state index is 7.06. The number of anilines is 1. The van der Waals surface area contributed by atoms with E-state index in [0.29, 0.717) is 11.3 Å². The fourth-order valence-corrected chi connectivity index (χ4v) is 7.23. The van der Waals surface area contributed by atoms with Crippen molar-refractivity contribution in [1.29, 1.82) is 0 Å². The Morgan fingerprint density at radius 1 is 1.10 bits per heavy atom. The number of hydroxylamine groups is 2. The van der Waals surface area contributed by atoms with Gasteiger partial charge < -0.3 is 9.64 Å². The van der Waals surface area contributed by atoms with Crippen molar-refractivity contribution in [2.75, 3.05) is 25.2 Å². The van der Waals surface area contributed by atoms with Gasteiger partial charge in [-0.25, -0.2) is 0 Å². The predicted molar refractivity (Wildman–Crippen MR) is 123 cm³/mol. The van der Waals surface area contributed by atoms with Crippen LogP contribution in [0.3, 0.4) is 0 Å². The Labute approximate surface area is 186 Å². The molecule has 4 heteroatoms. The van der Waals surface area contributed by atoms with Crippen molar-refractivity contribution >= 4 is 5.69 Å². The summed E-state index contributed by atoms with van der Waals surface area (Å²) < 4.78 is 5.61. The molecule has 0 aromatic heterocycles. The molecule has 4 nitrogen and oxygen atoms in total. The van der Waals surface area contributed by atoms with E-state index in [1.165, 1.54) is 36.1 Å². The molecule has 1 unspecified atom stereocenters. The van der Waals surface area contributed by atoms with Gasteiger partial charge in [-0.2, -0.15) is 5.06 Å². The second-order valence-corrected chi connectivity index (χ2v) is 11.0. The number of aryl methyl sites for hydroxylation is 1. The highest BCUT2D eigenvalue weighted by Crippen LogP contribution is 2.68. The van der Waals surface area contributed by atoms with Gasteiger partial charge in [-0.3, -0.25) is 4.84 Å². The largest absolute Gasteiger partial charge is 0.497 e. The smallest absolute Gasteiger partial charge is 0.119 e. The average molecular weight is 419 g/mol. The van der Waals surface area contributed by atoms with Crippen molar-refractivity contribution in [3.63, 3.8) is 0 Å². The van der Waals surface area contributed by atoms with Crippen LogP contribution in [0.1, 0.15) is 50.7 Å². The molecule has 164 valence electrons. The fraction of sp³-hybridized carbons (Fsp3) is 0.556. The van der Waals surface area contributed by atoms with Gasteiger partial charge in [0, 0.05) is 18.7 Å². The zero-order valence-electron chi connectivity index (χ0n) is 19.2. The third-order valence-corrected chi connectivity index (χ3v) is 9.14. The van der Waals surface area contributed by atoms with Gasteiger partial charge in [0.2, 0.25) is 0 Å². The minimum absolute atomic E-state index is 0.0271. The molecule has 2 bridgehead atoms. The lowest BCUT2D eigenvalue weighted by Crippen LogP contribution is -2.62. The number of methoxy groups -OCH3 is 1. The van der Waals surface area contributed by atoms with Crippen LogP contribution in [0.15, 0.2) is 48.5 Å². The molecule has 4 atom stereocenters. The lowest BCUT2D eigenvalue weighted by atomic mass is 9.43. The molecule has 3 aliphatic carbocycles. The Balaban J connectivity index is 1.40. The lowest BCUT2D eigenvalue weighted by Gasteiger charge is -2.63. The number of hydrogen-bond acceptors (Lipinski definition) is 4. The van der Waals surface area contributed by atoms with Gasteiger partial charge in [-0.15, -0.1) is 0 Å². The van der Waals surface area contributed by atoms with Crippen molar-refractivity contribution in [3.8, 4) is 5.75 Å². The van der Waals surface area contributed by atoms with Crippen molar-refractivity contribution in [2.45, 2.75) is 57.6 Å². The van der Waals surface area contributed by atoms with E-state index in [-0.39, 0.29) is 11.1 Å². The second-order valence-electron chi connectivity index (χ2n) is 11.0. The molecule has 2 aliphatic heterocycles. The topological polar surface area (TPSA) is 24.9 Å². The first-order valence-corrected chi connectivity index (χ1v) is 11.8. The summed E-state index contributed by atoms with van der Waals surface area (Å²) in [6.45, 7) is 8.83. The summed E-state index contributed by atoms with van der Waals surface area (Å²) in [5.74, 6) is 2.45. The molecule has 2 heterocycles. The van der Waals surface area contributed by atoms with Crippen molar-refractivity contribution < 1.29 is 9.57 Å². The molecule has 5 fully saturated rings. The first-order chi connectivity index (χ1) is 14.9. The average Bonchev–Trinajstić information content (AvgIpc) is 3.26. The normalized spacial score (nSPS) is 35.8. The molecule has 31 heavy (non-hydrogen) atoms. The van der Waals surface area contributed by atoms with E-state index in [1.54, 1.807) is 7.11 Å². The van der Waals surface area contributed by atoms with Crippen LogP contribution in [0.25, 0.3) is 0 Å². The summed E-state index contributed by atoms with van der Waals surface area (Å²) >= 11 is 0. The van der Waals surface area contributed by atoms with Gasteiger partial charge >= 0.3 is 0 Å². The Bertz CT molecular complexity index is 1000. The molecule has 2 aromatic carbocycles. The molecule has 0 N–H and O–H groups in total. The van der Waals surface area contributed by atoms with E-state index < -0.39 is 0 Å². The van der Waals surface area contributed by atoms with Crippen LogP contribution >= 0.6 is 0 Å². The number of fused-ring (bicyclic) bond motifs is 2. The molecule has 5 aliphatic rings. The SMILES string of the molecule is COc1cccc([C@]23CN(c4ccc(C)cc4)CN2O[C@]2(CC[C@H]4CC2C4(C)C)C3)c1. The van der Waals surface area contributed by atoms with E-state index in [2.05, 4.69) is 73.2 Å². The van der Waals surface area contributed by atoms with E-state index in [1.807, 2.05) is 6.07 Å². The van der Waals surface area contributed by atoms with Crippen LogP contribution in [0.2, 0.25) is 0 Å². The van der Waals surface area contributed by atoms with Gasteiger partial charge in [-0.05, 0) is 73.3 Å². The van der Waals surface area contributed by atoms with Crippen LogP contribution in [0.4, 0.5) is 5.69 Å². The Kier molecular flexibility index (Phi) is 4.11. The Morgan fingerprint density at radius 3 is 2.61 bits per heavy atom. The summed E-state index contributed by atoms with van der Waals surface area (Å²) in [6.07, 6.45) is 4.89. The second kappa shape index (κ2) is 6.49. The predicted octanol–water partition coefficient (Wildman–Crippen LogP) is 5.51. The summed E-state index contributed by atoms with van der Waals surface area (Å²) in [6, 6.07) is 17.6. The summed E-state index contributed by atoms with van der Waals surface area (Å²) in [5, 5.41) is 2.33. The van der Waals surface area contributed by atoms with E-state index in [4.69, 9.17) is 9.57 Å². The highest BCUT2D eigenvalue weighted by atomic mass is 16.7. The Hall–Kier alpha value is -2.04. The third kappa shape index (κ3) is 2.67. The lowest BCUT2D eigenvalue weighted by molar-refractivity contribution is -0.285. The van der Waals surface area contributed by atoms with Crippen molar-refractivity contribution in [1.82, 2.24) is 5.06 Å². The van der Waals surface area contributed by atoms with Crippen molar-refractivity contribution in [2.24, 2.45) is 17.3 Å². The number of nitrogens with zero attached hydrogens (tertiary/aromatic N) is 2. The van der Waals surface area contributed by atoms with E-state index in [9.17, 15) is 0 Å². The highest BCUT2D eigenvalue weighted by Gasteiger charge is 2.69. The van der Waals surface area contributed by atoms with Crippen LogP contribution in [0.5, 0.6) is 5.75 Å². The summed E-state index contributed by atoms with van der Waals surface area (Å²) in [7, 11) is 1.76. The Morgan fingerprint density at radius 2 is 1.90 bits per heavy atom. The molecule has 0 amide bonds. The molecule has 7 rings (SSSR count). The van der Waals surface area contributed by atoms with E-state index in [0.717, 1.165) is 31.3 Å². The first kappa shape index (κ1) is 19.6. The summed E-state index contributed by atoms with van der Waals surface area (Å²) in [5.41, 5.74) is 4.11. The van der Waals surface area contributed by atoms with Gasteiger partial charge in [0.15, 0.2) is 0 Å². The number of ether oxygens (including phenoxy) is 1. The zero-order valence-corrected chi connectivity index (χ0v) is 19.2. The minimum atomic E-state index is -0.141. The maximum Gasteiger partial charge on any atom is 0.119 e. The number of rotatable bonds is 3. The van der Waals surface area contributed by atoms with Gasteiger partial charge in [0.1, 0.15) is 5.75 Å². The minimum Gasteiger partial charge on any atom is -0.497 e. The van der Waals surface area contributed by atoms with Gasteiger partial charge in [-0.1, -0.05) is 43.7 Å². The summed E-state index contributed by atoms with van der Waals surface area (Å²) in [4.78, 5) is 9.53. The van der Waals surface area contributed by atoms with Crippen LogP contribution < -0.4 is 9.64 Å². The molecule has 2 saturated heterocycles. The fourth-order valence-electron chi connectivity index (χ4n) is 7.23. The molecular formula is C27H34N2O2. The number of benzene rings is 2. The maximum atomic E-state index is 7.06. The molecule has 3 saturated carbocycles.